The second kappa shape index (κ2) is 3.85. The molecule has 0 fully saturated rings. The zero-order chi connectivity index (χ0) is 9.10. The summed E-state index contributed by atoms with van der Waals surface area (Å²) in [5, 5.41) is 10.5. The van der Waals surface area contributed by atoms with Crippen molar-refractivity contribution in [1.82, 2.24) is 0 Å². The number of benzene rings is 1. The van der Waals surface area contributed by atoms with E-state index in [0.29, 0.717) is 0 Å². The van der Waals surface area contributed by atoms with Crippen LogP contribution in [0, 0.1) is 10.7 Å². The van der Waals surface area contributed by atoms with Crippen molar-refractivity contribution in [3.63, 3.8) is 0 Å². The molecule has 1 nitrogen and oxygen atoms in total. The number of thioether (sulfide) groups is 1. The molecule has 1 aliphatic rings. The van der Waals surface area contributed by atoms with Gasteiger partial charge in [-0.05, 0) is 47.7 Å². The molecule has 0 spiro atoms. The zero-order valence-electron chi connectivity index (χ0n) is 7.42. The molecule has 13 heavy (non-hydrogen) atoms. The highest BCUT2D eigenvalue weighted by Crippen LogP contribution is 2.24. The average molecular weight is 189 g/mol. The average Bonchev–Trinajstić information content (AvgIpc) is 2.61. The lowest BCUT2D eigenvalue weighted by atomic mass is 10.1. The quantitative estimate of drug-likeness (QED) is 0.668. The molecule has 0 aromatic heterocycles. The molecular formula is C11H11NS. The SMILES string of the molecule is N#CSCc1ccc2c(c1)CCC2. The summed E-state index contributed by atoms with van der Waals surface area (Å²) in [7, 11) is 0. The largest absolute Gasteiger partial charge is 0.185 e. The molecule has 1 aromatic carbocycles. The molecular weight excluding hydrogens is 178 g/mol. The Kier molecular flexibility index (Phi) is 2.56. The Hall–Kier alpha value is -0.940. The van der Waals surface area contributed by atoms with Gasteiger partial charge in [-0.3, -0.25) is 0 Å². The highest BCUT2D eigenvalue weighted by molar-refractivity contribution is 8.02. The molecule has 0 amide bonds. The van der Waals surface area contributed by atoms with E-state index in [4.69, 9.17) is 5.26 Å². The van der Waals surface area contributed by atoms with Gasteiger partial charge in [-0.1, -0.05) is 18.2 Å². The van der Waals surface area contributed by atoms with E-state index >= 15 is 0 Å². The summed E-state index contributed by atoms with van der Waals surface area (Å²) in [6.07, 6.45) is 3.76. The van der Waals surface area contributed by atoms with E-state index in [2.05, 4.69) is 23.6 Å². The molecule has 0 N–H and O–H groups in total. The first-order chi connectivity index (χ1) is 6.40. The minimum atomic E-state index is 0.823. The monoisotopic (exact) mass is 189 g/mol. The van der Waals surface area contributed by atoms with Gasteiger partial charge in [0.15, 0.2) is 0 Å². The molecule has 0 heterocycles. The second-order valence-corrected chi connectivity index (χ2v) is 4.10. The van der Waals surface area contributed by atoms with Gasteiger partial charge in [0, 0.05) is 5.75 Å². The van der Waals surface area contributed by atoms with E-state index < -0.39 is 0 Å². The van der Waals surface area contributed by atoms with Gasteiger partial charge >= 0.3 is 0 Å². The van der Waals surface area contributed by atoms with Crippen LogP contribution in [0.5, 0.6) is 0 Å². The molecule has 0 saturated heterocycles. The van der Waals surface area contributed by atoms with E-state index in [1.54, 1.807) is 0 Å². The third-order valence-corrected chi connectivity index (χ3v) is 3.07. The Balaban J connectivity index is 2.17. The molecule has 0 unspecified atom stereocenters. The molecule has 1 aliphatic carbocycles. The van der Waals surface area contributed by atoms with Crippen molar-refractivity contribution in [2.24, 2.45) is 0 Å². The molecule has 0 atom stereocenters. The lowest BCUT2D eigenvalue weighted by Crippen LogP contribution is -1.85. The Labute approximate surface area is 82.8 Å². The Morgan fingerprint density at radius 3 is 3.00 bits per heavy atom. The van der Waals surface area contributed by atoms with Crippen LogP contribution in [0.15, 0.2) is 18.2 Å². The van der Waals surface area contributed by atoms with Crippen LogP contribution in [0.3, 0.4) is 0 Å². The maximum Gasteiger partial charge on any atom is 0.133 e. The van der Waals surface area contributed by atoms with E-state index in [1.165, 1.54) is 47.7 Å². The molecule has 66 valence electrons. The van der Waals surface area contributed by atoms with Gasteiger partial charge in [-0.15, -0.1) is 0 Å². The normalized spacial score (nSPS) is 13.8. The Morgan fingerprint density at radius 1 is 1.31 bits per heavy atom. The molecule has 0 saturated carbocycles. The summed E-state index contributed by atoms with van der Waals surface area (Å²) in [5.41, 5.74) is 4.29. The minimum absolute atomic E-state index is 0.823. The van der Waals surface area contributed by atoms with Crippen molar-refractivity contribution in [3.05, 3.63) is 34.9 Å². The topological polar surface area (TPSA) is 23.8 Å². The van der Waals surface area contributed by atoms with Gasteiger partial charge in [0.05, 0.1) is 0 Å². The van der Waals surface area contributed by atoms with E-state index in [0.717, 1.165) is 5.75 Å². The predicted molar refractivity (Wildman–Crippen MR) is 55.4 cm³/mol. The molecule has 0 radical (unpaired) electrons. The van der Waals surface area contributed by atoms with Crippen LogP contribution in [-0.4, -0.2) is 0 Å². The number of nitrogens with zero attached hydrogens (tertiary/aromatic N) is 1. The number of fused-ring (bicyclic) bond motifs is 1. The number of hydrogen-bond acceptors (Lipinski definition) is 2. The van der Waals surface area contributed by atoms with Crippen LogP contribution in [0.1, 0.15) is 23.1 Å². The van der Waals surface area contributed by atoms with Crippen LogP contribution in [-0.2, 0) is 18.6 Å². The first-order valence-electron chi connectivity index (χ1n) is 4.52. The van der Waals surface area contributed by atoms with E-state index in [9.17, 15) is 0 Å². The Morgan fingerprint density at radius 2 is 2.15 bits per heavy atom. The van der Waals surface area contributed by atoms with Crippen LogP contribution in [0.25, 0.3) is 0 Å². The van der Waals surface area contributed by atoms with Crippen LogP contribution in [0.4, 0.5) is 0 Å². The van der Waals surface area contributed by atoms with Gasteiger partial charge < -0.3 is 0 Å². The second-order valence-electron chi connectivity index (χ2n) is 3.34. The van der Waals surface area contributed by atoms with Crippen molar-refractivity contribution < 1.29 is 0 Å². The third-order valence-electron chi connectivity index (χ3n) is 2.47. The summed E-state index contributed by atoms with van der Waals surface area (Å²) in [4.78, 5) is 0. The maximum absolute atomic E-state index is 8.43. The number of nitriles is 1. The fourth-order valence-corrected chi connectivity index (χ4v) is 2.24. The highest BCUT2D eigenvalue weighted by Gasteiger charge is 2.10. The van der Waals surface area contributed by atoms with Crippen molar-refractivity contribution in [2.45, 2.75) is 25.0 Å². The van der Waals surface area contributed by atoms with Crippen LogP contribution < -0.4 is 0 Å². The summed E-state index contributed by atoms with van der Waals surface area (Å²) >= 11 is 1.31. The van der Waals surface area contributed by atoms with Gasteiger partial charge in [0.1, 0.15) is 5.40 Å². The lowest BCUT2D eigenvalue weighted by Gasteiger charge is -2.01. The maximum atomic E-state index is 8.43. The summed E-state index contributed by atoms with van der Waals surface area (Å²) in [6.45, 7) is 0. The number of thiocyanates is 1. The molecule has 2 rings (SSSR count). The number of hydrogen-bond donors (Lipinski definition) is 0. The van der Waals surface area contributed by atoms with Crippen molar-refractivity contribution in [2.75, 3.05) is 0 Å². The summed E-state index contributed by atoms with van der Waals surface area (Å²) in [5.74, 6) is 0.823. The molecule has 1 aromatic rings. The van der Waals surface area contributed by atoms with E-state index in [-0.39, 0.29) is 0 Å². The van der Waals surface area contributed by atoms with Crippen LogP contribution in [0.2, 0.25) is 0 Å². The Bertz CT molecular complexity index is 352. The van der Waals surface area contributed by atoms with Crippen molar-refractivity contribution in [1.29, 1.82) is 5.26 Å². The first-order valence-corrected chi connectivity index (χ1v) is 5.50. The summed E-state index contributed by atoms with van der Waals surface area (Å²) in [6, 6.07) is 6.62. The van der Waals surface area contributed by atoms with Crippen molar-refractivity contribution in [3.8, 4) is 5.40 Å². The summed E-state index contributed by atoms with van der Waals surface area (Å²) < 4.78 is 0. The molecule has 0 aliphatic heterocycles. The zero-order valence-corrected chi connectivity index (χ0v) is 8.23. The van der Waals surface area contributed by atoms with Crippen LogP contribution >= 0.6 is 11.8 Å². The van der Waals surface area contributed by atoms with Gasteiger partial charge in [-0.2, -0.15) is 5.26 Å². The highest BCUT2D eigenvalue weighted by atomic mass is 32.2. The first kappa shape index (κ1) is 8.65. The predicted octanol–water partition coefficient (Wildman–Crippen LogP) is 2.89. The number of rotatable bonds is 2. The fraction of sp³-hybridized carbons (Fsp3) is 0.364. The molecule has 2 heteroatoms. The van der Waals surface area contributed by atoms with Gasteiger partial charge in [0.2, 0.25) is 0 Å². The van der Waals surface area contributed by atoms with Gasteiger partial charge in [0.25, 0.3) is 0 Å². The minimum Gasteiger partial charge on any atom is -0.185 e. The standard InChI is InChI=1S/C11H11NS/c12-8-13-7-9-4-5-10-2-1-3-11(10)6-9/h4-6H,1-3,7H2. The van der Waals surface area contributed by atoms with Gasteiger partial charge in [-0.25, -0.2) is 0 Å². The van der Waals surface area contributed by atoms with E-state index in [1.807, 2.05) is 0 Å². The smallest absolute Gasteiger partial charge is 0.133 e. The number of aryl methyl sites for hydroxylation is 2. The molecule has 0 bridgehead atoms. The lowest BCUT2D eigenvalue weighted by molar-refractivity contribution is 0.911. The van der Waals surface area contributed by atoms with Crippen molar-refractivity contribution >= 4 is 11.8 Å². The third kappa shape index (κ3) is 1.87. The fourth-order valence-electron chi connectivity index (χ4n) is 1.83.